The summed E-state index contributed by atoms with van der Waals surface area (Å²) in [5.74, 6) is -0.495. The second kappa shape index (κ2) is 6.60. The molecule has 3 amide bonds. The van der Waals surface area contributed by atoms with Crippen molar-refractivity contribution < 1.29 is 14.7 Å². The van der Waals surface area contributed by atoms with Gasteiger partial charge < -0.3 is 10.4 Å². The predicted octanol–water partition coefficient (Wildman–Crippen LogP) is 1.88. The van der Waals surface area contributed by atoms with Gasteiger partial charge in [-0.3, -0.25) is 10.2 Å². The lowest BCUT2D eigenvalue weighted by Gasteiger charge is -2.09. The summed E-state index contributed by atoms with van der Waals surface area (Å²) in [4.78, 5) is 22.8. The summed E-state index contributed by atoms with van der Waals surface area (Å²) >= 11 is 6.22. The highest BCUT2D eigenvalue weighted by Gasteiger charge is 2.12. The Balaban J connectivity index is 2.70. The Morgan fingerprint density at radius 3 is 2.28 bits per heavy atom. The smallest absolute Gasteiger partial charge is 0.333 e. The number of nitrogens with one attached hydrogen (secondary N) is 3. The number of halogens is 2. The van der Waals surface area contributed by atoms with Crippen molar-refractivity contribution in [2.75, 3.05) is 6.54 Å². The van der Waals surface area contributed by atoms with Gasteiger partial charge in [0.05, 0.1) is 8.95 Å². The third-order valence-electron chi connectivity index (χ3n) is 1.91. The van der Waals surface area contributed by atoms with Crippen LogP contribution in [0.2, 0.25) is 0 Å². The van der Waals surface area contributed by atoms with Gasteiger partial charge in [0, 0.05) is 12.1 Å². The molecule has 0 heterocycles. The van der Waals surface area contributed by atoms with Crippen LogP contribution in [-0.2, 0) is 0 Å². The van der Waals surface area contributed by atoms with Gasteiger partial charge in [0.25, 0.3) is 5.91 Å². The van der Waals surface area contributed by atoms with E-state index in [1.165, 1.54) is 12.1 Å². The van der Waals surface area contributed by atoms with E-state index in [2.05, 4.69) is 48.0 Å². The first-order chi connectivity index (χ1) is 8.45. The lowest BCUT2D eigenvalue weighted by molar-refractivity contribution is 0.0936. The molecule has 0 unspecified atom stereocenters. The standard InChI is InChI=1S/C10H11Br2N3O3/c1-2-13-10(18)15-14-9(17)5-3-6(11)8(16)7(12)4-5/h3-4,16H,2H2,1H3,(H,14,17)(H2,13,15,18). The van der Waals surface area contributed by atoms with E-state index in [1.54, 1.807) is 6.92 Å². The monoisotopic (exact) mass is 379 g/mol. The highest BCUT2D eigenvalue weighted by molar-refractivity contribution is 9.11. The molecule has 18 heavy (non-hydrogen) atoms. The fourth-order valence-corrected chi connectivity index (χ4v) is 2.27. The molecule has 0 aliphatic rings. The minimum absolute atomic E-state index is 0.00300. The van der Waals surface area contributed by atoms with Crippen molar-refractivity contribution in [3.63, 3.8) is 0 Å². The van der Waals surface area contributed by atoms with Gasteiger partial charge in [-0.15, -0.1) is 0 Å². The summed E-state index contributed by atoms with van der Waals surface area (Å²) < 4.78 is 0.750. The summed E-state index contributed by atoms with van der Waals surface area (Å²) in [7, 11) is 0. The minimum atomic E-state index is -0.498. The Hall–Kier alpha value is -1.28. The SMILES string of the molecule is CCNC(=O)NNC(=O)c1cc(Br)c(O)c(Br)c1. The molecule has 0 atom stereocenters. The van der Waals surface area contributed by atoms with Crippen molar-refractivity contribution in [1.29, 1.82) is 0 Å². The number of hydrogen-bond acceptors (Lipinski definition) is 3. The Morgan fingerprint density at radius 1 is 1.22 bits per heavy atom. The third-order valence-corrected chi connectivity index (χ3v) is 3.11. The van der Waals surface area contributed by atoms with Gasteiger partial charge in [-0.2, -0.15) is 0 Å². The fraction of sp³-hybridized carbons (Fsp3) is 0.200. The molecule has 0 aliphatic carbocycles. The quantitative estimate of drug-likeness (QED) is 0.590. The summed E-state index contributed by atoms with van der Waals surface area (Å²) in [5.41, 5.74) is 4.71. The van der Waals surface area contributed by atoms with Crippen LogP contribution in [0.15, 0.2) is 21.1 Å². The molecule has 0 saturated carbocycles. The molecule has 0 fully saturated rings. The molecule has 8 heteroatoms. The molecule has 0 radical (unpaired) electrons. The zero-order chi connectivity index (χ0) is 13.7. The average Bonchev–Trinajstić information content (AvgIpc) is 2.32. The number of carbonyl (C=O) groups excluding carboxylic acids is 2. The van der Waals surface area contributed by atoms with Crippen molar-refractivity contribution >= 4 is 43.8 Å². The molecule has 0 aliphatic heterocycles. The van der Waals surface area contributed by atoms with E-state index in [0.717, 1.165) is 0 Å². The maximum absolute atomic E-state index is 11.7. The van der Waals surface area contributed by atoms with E-state index in [9.17, 15) is 14.7 Å². The van der Waals surface area contributed by atoms with E-state index >= 15 is 0 Å². The molecule has 0 bridgehead atoms. The molecule has 6 nitrogen and oxygen atoms in total. The predicted molar refractivity (Wildman–Crippen MR) is 73.2 cm³/mol. The second-order valence-electron chi connectivity index (χ2n) is 3.23. The Bertz CT molecular complexity index is 456. The van der Waals surface area contributed by atoms with E-state index < -0.39 is 11.9 Å². The molecule has 0 saturated heterocycles. The van der Waals surface area contributed by atoms with Crippen LogP contribution in [-0.4, -0.2) is 23.6 Å². The largest absolute Gasteiger partial charge is 0.506 e. The van der Waals surface area contributed by atoms with Crippen molar-refractivity contribution in [2.45, 2.75) is 6.92 Å². The van der Waals surface area contributed by atoms with Crippen molar-refractivity contribution in [2.24, 2.45) is 0 Å². The van der Waals surface area contributed by atoms with Crippen LogP contribution in [0, 0.1) is 0 Å². The number of benzene rings is 1. The minimum Gasteiger partial charge on any atom is -0.506 e. The fourth-order valence-electron chi connectivity index (χ4n) is 1.09. The van der Waals surface area contributed by atoms with E-state index in [-0.39, 0.29) is 11.3 Å². The van der Waals surface area contributed by atoms with Gasteiger partial charge in [0.15, 0.2) is 0 Å². The zero-order valence-electron chi connectivity index (χ0n) is 9.38. The van der Waals surface area contributed by atoms with Gasteiger partial charge in [0.2, 0.25) is 0 Å². The molecule has 1 aromatic carbocycles. The number of urea groups is 1. The van der Waals surface area contributed by atoms with Crippen LogP contribution in [0.1, 0.15) is 17.3 Å². The van der Waals surface area contributed by atoms with Gasteiger partial charge in [-0.05, 0) is 50.9 Å². The Labute approximate surface area is 120 Å². The Kier molecular flexibility index (Phi) is 5.42. The first kappa shape index (κ1) is 14.8. The molecule has 0 aromatic heterocycles. The maximum atomic E-state index is 11.7. The second-order valence-corrected chi connectivity index (χ2v) is 4.94. The van der Waals surface area contributed by atoms with Crippen molar-refractivity contribution in [3.8, 4) is 5.75 Å². The molecule has 0 spiro atoms. The topological polar surface area (TPSA) is 90.5 Å². The summed E-state index contributed by atoms with van der Waals surface area (Å²) in [5, 5.41) is 12.0. The third kappa shape index (κ3) is 3.88. The molecular formula is C10H11Br2N3O3. The number of amides is 3. The summed E-state index contributed by atoms with van der Waals surface area (Å²) in [6.45, 7) is 2.22. The van der Waals surface area contributed by atoms with Crippen LogP contribution in [0.5, 0.6) is 5.75 Å². The highest BCUT2D eigenvalue weighted by atomic mass is 79.9. The first-order valence-corrected chi connectivity index (χ1v) is 6.56. The average molecular weight is 381 g/mol. The number of phenolic OH excluding ortho intramolecular Hbond substituents is 1. The number of hydrogen-bond donors (Lipinski definition) is 4. The zero-order valence-corrected chi connectivity index (χ0v) is 12.6. The number of hydrazine groups is 1. The highest BCUT2D eigenvalue weighted by Crippen LogP contribution is 2.33. The molecule has 4 N–H and O–H groups in total. The van der Waals surface area contributed by atoms with Crippen LogP contribution in [0.25, 0.3) is 0 Å². The first-order valence-electron chi connectivity index (χ1n) is 4.98. The number of carbonyl (C=O) groups is 2. The van der Waals surface area contributed by atoms with E-state index in [0.29, 0.717) is 15.5 Å². The number of rotatable bonds is 2. The molecule has 1 aromatic rings. The lowest BCUT2D eigenvalue weighted by atomic mass is 10.2. The Morgan fingerprint density at radius 2 is 1.78 bits per heavy atom. The van der Waals surface area contributed by atoms with E-state index in [1.807, 2.05) is 0 Å². The van der Waals surface area contributed by atoms with E-state index in [4.69, 9.17) is 0 Å². The van der Waals surface area contributed by atoms with Gasteiger partial charge in [0.1, 0.15) is 5.75 Å². The van der Waals surface area contributed by atoms with Crippen LogP contribution in [0.4, 0.5) is 4.79 Å². The van der Waals surface area contributed by atoms with Gasteiger partial charge in [-0.25, -0.2) is 10.2 Å². The maximum Gasteiger partial charge on any atom is 0.333 e. The van der Waals surface area contributed by atoms with Crippen LogP contribution in [0.3, 0.4) is 0 Å². The van der Waals surface area contributed by atoms with Gasteiger partial charge in [-0.1, -0.05) is 0 Å². The van der Waals surface area contributed by atoms with Crippen molar-refractivity contribution in [1.82, 2.24) is 16.2 Å². The molecule has 98 valence electrons. The number of aromatic hydroxyl groups is 1. The normalized spacial score (nSPS) is 9.72. The molecular weight excluding hydrogens is 370 g/mol. The van der Waals surface area contributed by atoms with Gasteiger partial charge >= 0.3 is 6.03 Å². The molecule has 1 rings (SSSR count). The van der Waals surface area contributed by atoms with Crippen molar-refractivity contribution in [3.05, 3.63) is 26.6 Å². The summed E-state index contributed by atoms with van der Waals surface area (Å²) in [6, 6.07) is 2.38. The van der Waals surface area contributed by atoms with Crippen LogP contribution < -0.4 is 16.2 Å². The lowest BCUT2D eigenvalue weighted by Crippen LogP contribution is -2.46. The van der Waals surface area contributed by atoms with Crippen LogP contribution >= 0.6 is 31.9 Å². The summed E-state index contributed by atoms with van der Waals surface area (Å²) in [6.07, 6.45) is 0. The number of phenols is 1.